The van der Waals surface area contributed by atoms with E-state index in [0.29, 0.717) is 5.92 Å². The van der Waals surface area contributed by atoms with Crippen LogP contribution in [0.4, 0.5) is 0 Å². The number of nitrogens with zero attached hydrogens (tertiary/aromatic N) is 3. The van der Waals surface area contributed by atoms with Crippen molar-refractivity contribution >= 4 is 0 Å². The Hall–Kier alpha value is -1.68. The number of pyridine rings is 1. The summed E-state index contributed by atoms with van der Waals surface area (Å²) in [6, 6.07) is 5.86. The molecule has 0 bridgehead atoms. The van der Waals surface area contributed by atoms with Crippen LogP contribution in [0.1, 0.15) is 44.0 Å². The van der Waals surface area contributed by atoms with Gasteiger partial charge < -0.3 is 5.73 Å². The number of nitrogens with two attached hydrogens (primary N) is 1. The van der Waals surface area contributed by atoms with Crippen molar-refractivity contribution in [2.75, 3.05) is 0 Å². The lowest BCUT2D eigenvalue weighted by molar-refractivity contribution is 0.730. The fourth-order valence-corrected chi connectivity index (χ4v) is 1.72. The molecule has 2 N–H and O–H groups in total. The maximum Gasteiger partial charge on any atom is 0.158 e. The first-order chi connectivity index (χ1) is 8.09. The number of rotatable bonds is 3. The first-order valence-corrected chi connectivity index (χ1v) is 5.86. The summed E-state index contributed by atoms with van der Waals surface area (Å²) in [5.74, 6) is 1.23. The monoisotopic (exact) mass is 230 g/mol. The van der Waals surface area contributed by atoms with E-state index >= 15 is 0 Å². The molecule has 4 nitrogen and oxygen atoms in total. The Balaban J connectivity index is 2.45. The summed E-state index contributed by atoms with van der Waals surface area (Å²) < 4.78 is 1.80. The Morgan fingerprint density at radius 1 is 1.24 bits per heavy atom. The zero-order chi connectivity index (χ0) is 12.4. The highest BCUT2D eigenvalue weighted by Crippen LogP contribution is 2.18. The minimum atomic E-state index is -0.0506. The van der Waals surface area contributed by atoms with Crippen LogP contribution in [0.3, 0.4) is 0 Å². The molecule has 2 heterocycles. The minimum Gasteiger partial charge on any atom is -0.324 e. The van der Waals surface area contributed by atoms with E-state index in [1.54, 1.807) is 10.9 Å². The van der Waals surface area contributed by atoms with E-state index < -0.39 is 0 Å². The number of aromatic nitrogens is 3. The molecule has 0 amide bonds. The van der Waals surface area contributed by atoms with Gasteiger partial charge in [0.2, 0.25) is 0 Å². The number of hydrogen-bond acceptors (Lipinski definition) is 3. The van der Waals surface area contributed by atoms with Crippen molar-refractivity contribution in [3.8, 4) is 5.82 Å². The lowest BCUT2D eigenvalue weighted by atomic mass is 10.1. The lowest BCUT2D eigenvalue weighted by Gasteiger charge is -2.11. The third-order valence-electron chi connectivity index (χ3n) is 2.73. The topological polar surface area (TPSA) is 56.7 Å². The van der Waals surface area contributed by atoms with Crippen LogP contribution in [0.5, 0.6) is 0 Å². The van der Waals surface area contributed by atoms with Gasteiger partial charge >= 0.3 is 0 Å². The van der Waals surface area contributed by atoms with E-state index in [9.17, 15) is 0 Å². The Kier molecular flexibility index (Phi) is 3.24. The normalized spacial score (nSPS) is 13.0. The van der Waals surface area contributed by atoms with Crippen molar-refractivity contribution in [3.63, 3.8) is 0 Å². The van der Waals surface area contributed by atoms with E-state index in [1.807, 2.05) is 31.3 Å². The summed E-state index contributed by atoms with van der Waals surface area (Å²) in [4.78, 5) is 4.36. The molecule has 0 saturated heterocycles. The second kappa shape index (κ2) is 4.67. The van der Waals surface area contributed by atoms with Gasteiger partial charge in [0.1, 0.15) is 0 Å². The molecule has 0 unspecified atom stereocenters. The van der Waals surface area contributed by atoms with Gasteiger partial charge in [-0.1, -0.05) is 19.9 Å². The zero-order valence-electron chi connectivity index (χ0n) is 10.5. The summed E-state index contributed by atoms with van der Waals surface area (Å²) in [5, 5.41) is 4.52. The van der Waals surface area contributed by atoms with Crippen molar-refractivity contribution in [3.05, 3.63) is 41.9 Å². The molecule has 0 aliphatic rings. The average Bonchev–Trinajstić information content (AvgIpc) is 2.78. The second-order valence-corrected chi connectivity index (χ2v) is 4.54. The third-order valence-corrected chi connectivity index (χ3v) is 2.73. The largest absolute Gasteiger partial charge is 0.324 e. The smallest absolute Gasteiger partial charge is 0.158 e. The summed E-state index contributed by atoms with van der Waals surface area (Å²) >= 11 is 0. The Morgan fingerprint density at radius 3 is 2.59 bits per heavy atom. The zero-order valence-corrected chi connectivity index (χ0v) is 10.5. The predicted molar refractivity (Wildman–Crippen MR) is 68.1 cm³/mol. The molecular formula is C13H18N4. The fourth-order valence-electron chi connectivity index (χ4n) is 1.72. The Morgan fingerprint density at radius 2 is 2.00 bits per heavy atom. The molecule has 4 heteroatoms. The molecular weight excluding hydrogens is 212 g/mol. The highest BCUT2D eigenvalue weighted by molar-refractivity contribution is 5.35. The van der Waals surface area contributed by atoms with Crippen molar-refractivity contribution < 1.29 is 0 Å². The van der Waals surface area contributed by atoms with Crippen LogP contribution in [0.15, 0.2) is 30.6 Å². The van der Waals surface area contributed by atoms with Gasteiger partial charge in [-0.15, -0.1) is 0 Å². The Bertz CT molecular complexity index is 500. The molecule has 0 spiro atoms. The van der Waals surface area contributed by atoms with Crippen LogP contribution in [0.2, 0.25) is 0 Å². The van der Waals surface area contributed by atoms with Gasteiger partial charge in [0.05, 0.1) is 5.69 Å². The molecule has 0 aromatic carbocycles. The molecule has 1 atom stereocenters. The highest BCUT2D eigenvalue weighted by atomic mass is 15.3. The first-order valence-electron chi connectivity index (χ1n) is 5.86. The van der Waals surface area contributed by atoms with Gasteiger partial charge in [0.25, 0.3) is 0 Å². The van der Waals surface area contributed by atoms with Gasteiger partial charge in [-0.3, -0.25) is 0 Å². The van der Waals surface area contributed by atoms with E-state index in [0.717, 1.165) is 17.1 Å². The van der Waals surface area contributed by atoms with Crippen molar-refractivity contribution in [1.82, 2.24) is 14.8 Å². The van der Waals surface area contributed by atoms with Gasteiger partial charge in [-0.25, -0.2) is 9.67 Å². The summed E-state index contributed by atoms with van der Waals surface area (Å²) in [7, 11) is 0. The predicted octanol–water partition coefficient (Wildman–Crippen LogP) is 2.41. The molecule has 0 radical (unpaired) electrons. The molecule has 90 valence electrons. The van der Waals surface area contributed by atoms with Gasteiger partial charge in [0, 0.05) is 24.0 Å². The minimum absolute atomic E-state index is 0.0506. The molecule has 0 aliphatic heterocycles. The lowest BCUT2D eigenvalue weighted by Crippen LogP contribution is -2.11. The first kappa shape index (κ1) is 11.8. The van der Waals surface area contributed by atoms with Crippen LogP contribution in [-0.2, 0) is 0 Å². The summed E-state index contributed by atoms with van der Waals surface area (Å²) in [6.45, 7) is 6.20. The van der Waals surface area contributed by atoms with E-state index in [1.165, 1.54) is 0 Å². The van der Waals surface area contributed by atoms with Crippen molar-refractivity contribution in [1.29, 1.82) is 0 Å². The summed E-state index contributed by atoms with van der Waals surface area (Å²) in [6.07, 6.45) is 3.70. The van der Waals surface area contributed by atoms with Crippen LogP contribution >= 0.6 is 0 Å². The fraction of sp³-hybridized carbons (Fsp3) is 0.385. The van der Waals surface area contributed by atoms with Gasteiger partial charge in [-0.05, 0) is 25.0 Å². The average molecular weight is 230 g/mol. The van der Waals surface area contributed by atoms with Gasteiger partial charge in [-0.2, -0.15) is 5.10 Å². The molecule has 17 heavy (non-hydrogen) atoms. The molecule has 0 saturated carbocycles. The maximum absolute atomic E-state index is 5.94. The second-order valence-electron chi connectivity index (χ2n) is 4.54. The van der Waals surface area contributed by atoms with Crippen LogP contribution < -0.4 is 5.73 Å². The standard InChI is InChI=1S/C13H18N4/c1-9(2)12-6-8-17(16-12)13-11(10(3)14)5-4-7-15-13/h4-10H,14H2,1-3H3/t10-/m1/s1. The van der Waals surface area contributed by atoms with E-state index in [-0.39, 0.29) is 6.04 Å². The molecule has 0 fully saturated rings. The van der Waals surface area contributed by atoms with E-state index in [4.69, 9.17) is 5.73 Å². The SMILES string of the molecule is CC(C)c1ccn(-c2ncccc2[C@@H](C)N)n1. The number of hydrogen-bond donors (Lipinski definition) is 1. The maximum atomic E-state index is 5.94. The third kappa shape index (κ3) is 2.36. The molecule has 2 rings (SSSR count). The van der Waals surface area contributed by atoms with Crippen molar-refractivity contribution in [2.24, 2.45) is 5.73 Å². The quantitative estimate of drug-likeness (QED) is 0.881. The van der Waals surface area contributed by atoms with Crippen LogP contribution in [0.25, 0.3) is 5.82 Å². The summed E-state index contributed by atoms with van der Waals surface area (Å²) in [5.41, 5.74) is 8.00. The van der Waals surface area contributed by atoms with Gasteiger partial charge in [0.15, 0.2) is 5.82 Å². The van der Waals surface area contributed by atoms with E-state index in [2.05, 4.69) is 23.9 Å². The highest BCUT2D eigenvalue weighted by Gasteiger charge is 2.11. The Labute approximate surface area is 101 Å². The van der Waals surface area contributed by atoms with Crippen LogP contribution in [0, 0.1) is 0 Å². The molecule has 2 aromatic heterocycles. The molecule has 0 aliphatic carbocycles. The van der Waals surface area contributed by atoms with Crippen molar-refractivity contribution in [2.45, 2.75) is 32.7 Å². The molecule has 2 aromatic rings. The van der Waals surface area contributed by atoms with Crippen LogP contribution in [-0.4, -0.2) is 14.8 Å².